The fraction of sp³-hybridized carbons (Fsp3) is 0. The summed E-state index contributed by atoms with van der Waals surface area (Å²) in [6, 6.07) is 56.9. The Morgan fingerprint density at radius 2 is 0.898 bits per heavy atom. The largest absolute Gasteiger partial charge is 0.455 e. The first-order valence-electron chi connectivity index (χ1n) is 16.4. The molecule has 0 aliphatic carbocycles. The zero-order valence-electron chi connectivity index (χ0n) is 26.3. The van der Waals surface area contributed by atoms with Gasteiger partial charge in [0.25, 0.3) is 0 Å². The number of hydrogen-bond donors (Lipinski definition) is 0. The summed E-state index contributed by atoms with van der Waals surface area (Å²) in [4.78, 5) is 15.4. The standard InChI is InChI=1S/C45H27N3O/c1-2-13-30(14-3-1)39-27-40-36-21-11-23-38(41(36)49-42(40)35-20-9-8-19-34(35)39)45-47-43(32-25-24-28-12-4-5-16-31(28)26-32)46-44(48-45)37-22-10-17-29-15-6-7-18-33(29)37/h1-27H. The summed E-state index contributed by atoms with van der Waals surface area (Å²) in [5.74, 6) is 1.80. The normalized spacial score (nSPS) is 11.7. The minimum absolute atomic E-state index is 0.568. The molecule has 0 atom stereocenters. The molecule has 49 heavy (non-hydrogen) atoms. The second-order valence-corrected chi connectivity index (χ2v) is 12.4. The minimum atomic E-state index is 0.568. The summed E-state index contributed by atoms with van der Waals surface area (Å²) < 4.78 is 6.86. The maximum Gasteiger partial charge on any atom is 0.167 e. The van der Waals surface area contributed by atoms with Crippen LogP contribution >= 0.6 is 0 Å². The number of fused-ring (bicyclic) bond motifs is 7. The van der Waals surface area contributed by atoms with Gasteiger partial charge in [0.15, 0.2) is 17.5 Å². The number of aromatic nitrogens is 3. The molecule has 0 N–H and O–H groups in total. The van der Waals surface area contributed by atoms with Gasteiger partial charge in [-0.2, -0.15) is 0 Å². The quantitative estimate of drug-likeness (QED) is 0.195. The summed E-state index contributed by atoms with van der Waals surface area (Å²) in [6.07, 6.45) is 0. The van der Waals surface area contributed by atoms with E-state index in [1.54, 1.807) is 0 Å². The average molecular weight is 626 g/mol. The maximum atomic E-state index is 6.86. The number of furan rings is 1. The average Bonchev–Trinajstić information content (AvgIpc) is 3.56. The molecule has 0 unspecified atom stereocenters. The van der Waals surface area contributed by atoms with Crippen LogP contribution < -0.4 is 0 Å². The summed E-state index contributed by atoms with van der Waals surface area (Å²) >= 11 is 0. The van der Waals surface area contributed by atoms with Crippen molar-refractivity contribution in [1.29, 1.82) is 0 Å². The highest BCUT2D eigenvalue weighted by Crippen LogP contribution is 2.42. The lowest BCUT2D eigenvalue weighted by molar-refractivity contribution is 0.673. The third-order valence-corrected chi connectivity index (χ3v) is 9.50. The van der Waals surface area contributed by atoms with E-state index in [2.05, 4.69) is 164 Å². The monoisotopic (exact) mass is 625 g/mol. The third kappa shape index (κ3) is 4.49. The molecule has 2 heterocycles. The Labute approximate surface area is 282 Å². The van der Waals surface area contributed by atoms with Gasteiger partial charge < -0.3 is 4.42 Å². The minimum Gasteiger partial charge on any atom is -0.455 e. The molecule has 2 aromatic heterocycles. The second-order valence-electron chi connectivity index (χ2n) is 12.4. The summed E-state index contributed by atoms with van der Waals surface area (Å²) in [5, 5.41) is 8.84. The molecule has 0 aliphatic heterocycles. The first-order valence-corrected chi connectivity index (χ1v) is 16.4. The Bertz CT molecular complexity index is 2890. The number of rotatable bonds is 4. The Morgan fingerprint density at radius 3 is 1.76 bits per heavy atom. The van der Waals surface area contributed by atoms with Crippen molar-refractivity contribution in [1.82, 2.24) is 15.0 Å². The van der Waals surface area contributed by atoms with Gasteiger partial charge in [-0.3, -0.25) is 0 Å². The number of para-hydroxylation sites is 1. The van der Waals surface area contributed by atoms with Gasteiger partial charge in [-0.1, -0.05) is 146 Å². The van der Waals surface area contributed by atoms with Crippen LogP contribution in [0.3, 0.4) is 0 Å². The van der Waals surface area contributed by atoms with Crippen LogP contribution in [0.1, 0.15) is 0 Å². The predicted molar refractivity (Wildman–Crippen MR) is 201 cm³/mol. The van der Waals surface area contributed by atoms with Crippen LogP contribution in [-0.2, 0) is 0 Å². The van der Waals surface area contributed by atoms with Crippen molar-refractivity contribution < 1.29 is 4.42 Å². The highest BCUT2D eigenvalue weighted by molar-refractivity contribution is 6.20. The van der Waals surface area contributed by atoms with E-state index in [-0.39, 0.29) is 0 Å². The van der Waals surface area contributed by atoms with Crippen LogP contribution in [0.4, 0.5) is 0 Å². The SMILES string of the molecule is c1ccc(-c2cc3c4cccc(-c5nc(-c6ccc7ccccc7c6)nc(-c6cccc7ccccc67)n5)c4oc3c3ccccc23)cc1. The summed E-state index contributed by atoms with van der Waals surface area (Å²) in [6.45, 7) is 0. The molecule has 10 rings (SSSR count). The van der Waals surface area contributed by atoms with Crippen LogP contribution in [-0.4, -0.2) is 15.0 Å². The van der Waals surface area contributed by atoms with Gasteiger partial charge in [0, 0.05) is 27.3 Å². The third-order valence-electron chi connectivity index (χ3n) is 9.50. The second kappa shape index (κ2) is 11.0. The molecule has 10 aromatic rings. The van der Waals surface area contributed by atoms with Gasteiger partial charge in [-0.05, 0) is 56.3 Å². The topological polar surface area (TPSA) is 51.8 Å². The highest BCUT2D eigenvalue weighted by Gasteiger charge is 2.20. The number of benzene rings is 8. The maximum absolute atomic E-state index is 6.86. The van der Waals surface area contributed by atoms with Crippen molar-refractivity contribution in [2.24, 2.45) is 0 Å². The number of nitrogens with zero attached hydrogens (tertiary/aromatic N) is 3. The van der Waals surface area contributed by atoms with E-state index in [4.69, 9.17) is 19.4 Å². The van der Waals surface area contributed by atoms with E-state index in [0.717, 1.165) is 65.6 Å². The molecule has 0 amide bonds. The first-order chi connectivity index (χ1) is 24.3. The Morgan fingerprint density at radius 1 is 0.306 bits per heavy atom. The van der Waals surface area contributed by atoms with Crippen molar-refractivity contribution in [3.8, 4) is 45.3 Å². The highest BCUT2D eigenvalue weighted by atomic mass is 16.3. The molecular formula is C45H27N3O. The predicted octanol–water partition coefficient (Wildman–Crippen LogP) is 11.9. The fourth-order valence-corrected chi connectivity index (χ4v) is 7.15. The zero-order chi connectivity index (χ0) is 32.3. The van der Waals surface area contributed by atoms with E-state index in [0.29, 0.717) is 17.5 Å². The Balaban J connectivity index is 1.25. The van der Waals surface area contributed by atoms with Crippen LogP contribution in [0.2, 0.25) is 0 Å². The van der Waals surface area contributed by atoms with Gasteiger partial charge in [0.2, 0.25) is 0 Å². The lowest BCUT2D eigenvalue weighted by Gasteiger charge is -2.11. The fourth-order valence-electron chi connectivity index (χ4n) is 7.15. The van der Waals surface area contributed by atoms with Crippen molar-refractivity contribution in [2.75, 3.05) is 0 Å². The smallest absolute Gasteiger partial charge is 0.167 e. The van der Waals surface area contributed by atoms with E-state index in [1.807, 2.05) is 0 Å². The van der Waals surface area contributed by atoms with Crippen LogP contribution in [0.15, 0.2) is 168 Å². The molecule has 4 heteroatoms. The molecule has 0 fully saturated rings. The van der Waals surface area contributed by atoms with E-state index >= 15 is 0 Å². The van der Waals surface area contributed by atoms with Gasteiger partial charge in [0.1, 0.15) is 11.2 Å². The van der Waals surface area contributed by atoms with Crippen LogP contribution in [0.5, 0.6) is 0 Å². The van der Waals surface area contributed by atoms with Crippen molar-refractivity contribution >= 4 is 54.3 Å². The van der Waals surface area contributed by atoms with Gasteiger partial charge in [-0.25, -0.2) is 15.0 Å². The molecule has 0 saturated carbocycles. The molecule has 0 bridgehead atoms. The van der Waals surface area contributed by atoms with E-state index in [1.165, 1.54) is 16.5 Å². The lowest BCUT2D eigenvalue weighted by Crippen LogP contribution is -2.00. The summed E-state index contributed by atoms with van der Waals surface area (Å²) in [5.41, 5.74) is 6.67. The van der Waals surface area contributed by atoms with Crippen LogP contribution in [0, 0.1) is 0 Å². The molecule has 228 valence electrons. The molecule has 0 radical (unpaired) electrons. The molecule has 4 nitrogen and oxygen atoms in total. The van der Waals surface area contributed by atoms with Gasteiger partial charge in [0.05, 0.1) is 5.56 Å². The van der Waals surface area contributed by atoms with Crippen molar-refractivity contribution in [3.63, 3.8) is 0 Å². The Hall–Kier alpha value is -6.65. The lowest BCUT2D eigenvalue weighted by atomic mass is 9.95. The molecule has 0 saturated heterocycles. The van der Waals surface area contributed by atoms with E-state index < -0.39 is 0 Å². The molecular weight excluding hydrogens is 599 g/mol. The number of hydrogen-bond acceptors (Lipinski definition) is 4. The van der Waals surface area contributed by atoms with Crippen LogP contribution in [0.25, 0.3) is 99.5 Å². The van der Waals surface area contributed by atoms with Crippen molar-refractivity contribution in [2.45, 2.75) is 0 Å². The molecule has 8 aromatic carbocycles. The van der Waals surface area contributed by atoms with Crippen molar-refractivity contribution in [3.05, 3.63) is 164 Å². The zero-order valence-corrected chi connectivity index (χ0v) is 26.3. The Kier molecular flexibility index (Phi) is 6.15. The molecule has 0 spiro atoms. The molecule has 0 aliphatic rings. The first kappa shape index (κ1) is 27.5. The van der Waals surface area contributed by atoms with E-state index in [9.17, 15) is 0 Å². The van der Waals surface area contributed by atoms with Gasteiger partial charge in [-0.15, -0.1) is 0 Å². The summed E-state index contributed by atoms with van der Waals surface area (Å²) in [7, 11) is 0. The van der Waals surface area contributed by atoms with Gasteiger partial charge >= 0.3 is 0 Å².